The number of anilines is 1. The number of aliphatic hydroxyl groups excluding tert-OH is 2. The molecule has 2 N–H and O–H groups in total. The number of hydrogen-bond acceptors (Lipinski definition) is 6. The van der Waals surface area contributed by atoms with Gasteiger partial charge in [-0.3, -0.25) is 0 Å². The quantitative estimate of drug-likeness (QED) is 0.860. The van der Waals surface area contributed by atoms with Gasteiger partial charge in [-0.2, -0.15) is 4.98 Å². The van der Waals surface area contributed by atoms with Crippen molar-refractivity contribution in [3.63, 3.8) is 0 Å². The van der Waals surface area contributed by atoms with Gasteiger partial charge in [0.05, 0.1) is 12.7 Å². The SMILES string of the molecule is CCC[C@@]1(CO)CN(c2noc(C3CCC3)n2)CC[C@H]1O. The minimum absolute atomic E-state index is 0.00810. The van der Waals surface area contributed by atoms with E-state index in [1.165, 1.54) is 6.42 Å². The summed E-state index contributed by atoms with van der Waals surface area (Å²) in [6.07, 6.45) is 5.42. The number of nitrogens with zero attached hydrogens (tertiary/aromatic N) is 3. The van der Waals surface area contributed by atoms with Crippen molar-refractivity contribution in [2.75, 3.05) is 24.6 Å². The molecule has 0 unspecified atom stereocenters. The van der Waals surface area contributed by atoms with Crippen LogP contribution in [0.4, 0.5) is 5.95 Å². The number of aromatic nitrogens is 2. The average molecular weight is 295 g/mol. The first kappa shape index (κ1) is 14.8. The second-order valence-electron chi connectivity index (χ2n) is 6.56. The molecule has 2 fully saturated rings. The monoisotopic (exact) mass is 295 g/mol. The van der Waals surface area contributed by atoms with Crippen LogP contribution < -0.4 is 4.90 Å². The van der Waals surface area contributed by atoms with Crippen LogP contribution in [0.2, 0.25) is 0 Å². The molecule has 21 heavy (non-hydrogen) atoms. The van der Waals surface area contributed by atoms with Gasteiger partial charge in [-0.15, -0.1) is 0 Å². The minimum atomic E-state index is -0.468. The van der Waals surface area contributed by atoms with E-state index >= 15 is 0 Å². The first-order valence-corrected chi connectivity index (χ1v) is 8.06. The van der Waals surface area contributed by atoms with E-state index in [4.69, 9.17) is 4.52 Å². The molecule has 3 rings (SSSR count). The van der Waals surface area contributed by atoms with Crippen LogP contribution in [0, 0.1) is 5.41 Å². The zero-order valence-electron chi connectivity index (χ0n) is 12.7. The largest absolute Gasteiger partial charge is 0.396 e. The summed E-state index contributed by atoms with van der Waals surface area (Å²) in [6, 6.07) is 0. The van der Waals surface area contributed by atoms with Gasteiger partial charge in [0.1, 0.15) is 0 Å². The van der Waals surface area contributed by atoms with Crippen molar-refractivity contribution < 1.29 is 14.7 Å². The fraction of sp³-hybridized carbons (Fsp3) is 0.867. The lowest BCUT2D eigenvalue weighted by molar-refractivity contribution is -0.0355. The molecule has 1 saturated carbocycles. The third-order valence-corrected chi connectivity index (χ3v) is 5.12. The summed E-state index contributed by atoms with van der Waals surface area (Å²) in [4.78, 5) is 6.57. The maximum Gasteiger partial charge on any atom is 0.266 e. The maximum absolute atomic E-state index is 10.3. The first-order chi connectivity index (χ1) is 10.2. The van der Waals surface area contributed by atoms with Crippen molar-refractivity contribution in [2.24, 2.45) is 5.41 Å². The maximum atomic E-state index is 10.3. The lowest BCUT2D eigenvalue weighted by Gasteiger charge is -2.44. The molecule has 2 heterocycles. The van der Waals surface area contributed by atoms with Crippen LogP contribution in [-0.4, -0.2) is 46.2 Å². The van der Waals surface area contributed by atoms with Gasteiger partial charge in [0.25, 0.3) is 5.95 Å². The van der Waals surface area contributed by atoms with Crippen LogP contribution in [0.25, 0.3) is 0 Å². The Morgan fingerprint density at radius 1 is 1.38 bits per heavy atom. The van der Waals surface area contributed by atoms with Crippen molar-refractivity contribution in [3.8, 4) is 0 Å². The van der Waals surface area contributed by atoms with Gasteiger partial charge < -0.3 is 19.6 Å². The van der Waals surface area contributed by atoms with E-state index < -0.39 is 11.5 Å². The molecule has 2 aliphatic rings. The smallest absolute Gasteiger partial charge is 0.266 e. The Morgan fingerprint density at radius 3 is 2.81 bits per heavy atom. The lowest BCUT2D eigenvalue weighted by Crippen LogP contribution is -2.54. The topological polar surface area (TPSA) is 82.6 Å². The molecular formula is C15H25N3O3. The van der Waals surface area contributed by atoms with Crippen LogP contribution >= 0.6 is 0 Å². The molecule has 0 amide bonds. The molecule has 0 spiro atoms. The predicted molar refractivity (Wildman–Crippen MR) is 78.2 cm³/mol. The van der Waals surface area contributed by atoms with E-state index in [9.17, 15) is 10.2 Å². The number of piperidine rings is 1. The molecule has 6 heteroatoms. The first-order valence-electron chi connectivity index (χ1n) is 8.06. The Kier molecular flexibility index (Phi) is 4.17. The van der Waals surface area contributed by atoms with Gasteiger partial charge in [-0.1, -0.05) is 19.8 Å². The summed E-state index contributed by atoms with van der Waals surface area (Å²) in [7, 11) is 0. The number of aliphatic hydroxyl groups is 2. The highest BCUT2D eigenvalue weighted by Gasteiger charge is 2.42. The van der Waals surface area contributed by atoms with Gasteiger partial charge in [-0.25, -0.2) is 0 Å². The fourth-order valence-corrected chi connectivity index (χ4v) is 3.47. The van der Waals surface area contributed by atoms with E-state index in [1.54, 1.807) is 0 Å². The van der Waals surface area contributed by atoms with Gasteiger partial charge in [0.2, 0.25) is 5.89 Å². The third kappa shape index (κ3) is 2.66. The second kappa shape index (κ2) is 5.93. The Bertz CT molecular complexity index is 474. The van der Waals surface area contributed by atoms with Crippen LogP contribution in [0.1, 0.15) is 57.3 Å². The third-order valence-electron chi connectivity index (χ3n) is 5.12. The van der Waals surface area contributed by atoms with Crippen molar-refractivity contribution >= 4 is 5.95 Å². The lowest BCUT2D eigenvalue weighted by atomic mass is 9.74. The van der Waals surface area contributed by atoms with Gasteiger partial charge in [0, 0.05) is 24.4 Å². The molecule has 1 aliphatic carbocycles. The van der Waals surface area contributed by atoms with E-state index in [0.717, 1.165) is 31.6 Å². The molecular weight excluding hydrogens is 270 g/mol. The van der Waals surface area contributed by atoms with E-state index in [0.29, 0.717) is 31.4 Å². The van der Waals surface area contributed by atoms with Crippen LogP contribution in [0.15, 0.2) is 4.52 Å². The highest BCUT2D eigenvalue weighted by molar-refractivity contribution is 5.31. The molecule has 1 aromatic heterocycles. The second-order valence-corrected chi connectivity index (χ2v) is 6.56. The number of rotatable bonds is 5. The summed E-state index contributed by atoms with van der Waals surface area (Å²) in [5.74, 6) is 1.78. The van der Waals surface area contributed by atoms with Crippen LogP contribution in [0.5, 0.6) is 0 Å². The Hall–Kier alpha value is -1.14. The Labute approximate surface area is 125 Å². The molecule has 6 nitrogen and oxygen atoms in total. The molecule has 0 aromatic carbocycles. The Morgan fingerprint density at radius 2 is 2.19 bits per heavy atom. The van der Waals surface area contributed by atoms with Crippen LogP contribution in [0.3, 0.4) is 0 Å². The van der Waals surface area contributed by atoms with E-state index in [1.807, 2.05) is 4.90 Å². The summed E-state index contributed by atoms with van der Waals surface area (Å²) in [6.45, 7) is 3.36. The minimum Gasteiger partial charge on any atom is -0.396 e. The zero-order valence-corrected chi connectivity index (χ0v) is 12.7. The summed E-state index contributed by atoms with van der Waals surface area (Å²) >= 11 is 0. The van der Waals surface area contributed by atoms with Crippen molar-refractivity contribution in [3.05, 3.63) is 5.89 Å². The standard InChI is InChI=1S/C15H25N3O3/c1-2-7-15(10-19)9-18(8-6-12(15)20)14-16-13(21-17-14)11-4-3-5-11/h11-12,19-20H,2-10H2,1H3/t12-,15+/m1/s1. The number of hydrogen-bond donors (Lipinski definition) is 2. The average Bonchev–Trinajstić information content (AvgIpc) is 2.89. The highest BCUT2D eigenvalue weighted by Crippen LogP contribution is 2.38. The zero-order chi connectivity index (χ0) is 14.9. The molecule has 1 saturated heterocycles. The van der Waals surface area contributed by atoms with Crippen LogP contribution in [-0.2, 0) is 0 Å². The van der Waals surface area contributed by atoms with Gasteiger partial charge in [-0.05, 0) is 30.8 Å². The summed E-state index contributed by atoms with van der Waals surface area (Å²) in [5.41, 5.74) is -0.468. The van der Waals surface area contributed by atoms with Crippen molar-refractivity contribution in [1.29, 1.82) is 0 Å². The van der Waals surface area contributed by atoms with E-state index in [-0.39, 0.29) is 6.61 Å². The van der Waals surface area contributed by atoms with Crippen molar-refractivity contribution in [2.45, 2.75) is 57.5 Å². The molecule has 2 atom stereocenters. The molecule has 1 aromatic rings. The van der Waals surface area contributed by atoms with E-state index in [2.05, 4.69) is 17.1 Å². The molecule has 118 valence electrons. The highest BCUT2D eigenvalue weighted by atomic mass is 16.5. The normalized spacial score (nSPS) is 30.4. The molecule has 1 aliphatic heterocycles. The predicted octanol–water partition coefficient (Wildman–Crippen LogP) is 1.69. The summed E-state index contributed by atoms with van der Waals surface area (Å²) in [5, 5.41) is 24.2. The molecule has 0 bridgehead atoms. The Balaban J connectivity index is 1.74. The van der Waals surface area contributed by atoms with Crippen molar-refractivity contribution in [1.82, 2.24) is 10.1 Å². The van der Waals surface area contributed by atoms with Gasteiger partial charge in [0.15, 0.2) is 0 Å². The summed E-state index contributed by atoms with van der Waals surface area (Å²) < 4.78 is 5.38. The molecule has 0 radical (unpaired) electrons. The fourth-order valence-electron chi connectivity index (χ4n) is 3.47. The van der Waals surface area contributed by atoms with Gasteiger partial charge >= 0.3 is 0 Å².